The normalized spacial score (nSPS) is 12.1. The molecule has 0 aliphatic rings. The van der Waals surface area contributed by atoms with Gasteiger partial charge < -0.3 is 10.6 Å². The van der Waals surface area contributed by atoms with Gasteiger partial charge in [-0.3, -0.25) is 0 Å². The molecule has 2 rings (SSSR count). The van der Waals surface area contributed by atoms with Crippen molar-refractivity contribution in [3.05, 3.63) is 65.7 Å². The van der Waals surface area contributed by atoms with Crippen LogP contribution in [0.3, 0.4) is 0 Å². The fourth-order valence-corrected chi connectivity index (χ4v) is 2.63. The maximum absolute atomic E-state index is 5.99. The second-order valence-corrected chi connectivity index (χ2v) is 5.54. The second kappa shape index (κ2) is 7.84. The first-order valence-electron chi connectivity index (χ1n) is 7.80. The van der Waals surface area contributed by atoms with Crippen molar-refractivity contribution < 1.29 is 0 Å². The average Bonchev–Trinajstić information content (AvgIpc) is 2.56. The van der Waals surface area contributed by atoms with Crippen LogP contribution in [0.1, 0.15) is 24.5 Å². The highest BCUT2D eigenvalue weighted by Crippen LogP contribution is 2.19. The van der Waals surface area contributed by atoms with Crippen molar-refractivity contribution in [1.29, 1.82) is 0 Å². The largest absolute Gasteiger partial charge is 0.370 e. The summed E-state index contributed by atoms with van der Waals surface area (Å²) < 4.78 is 0. The number of hydrogen-bond acceptors (Lipinski definition) is 2. The van der Waals surface area contributed by atoms with Crippen molar-refractivity contribution in [3.63, 3.8) is 0 Å². The molecule has 0 radical (unpaired) electrons. The molecule has 2 aromatic carbocycles. The SMILES string of the molecule is CCc1ccc(N(C)C(CN)CCc2ccccc2)cc1. The molecule has 0 amide bonds. The van der Waals surface area contributed by atoms with Gasteiger partial charge in [-0.05, 0) is 42.5 Å². The summed E-state index contributed by atoms with van der Waals surface area (Å²) in [4.78, 5) is 2.31. The van der Waals surface area contributed by atoms with E-state index in [-0.39, 0.29) is 0 Å². The Labute approximate surface area is 128 Å². The highest BCUT2D eigenvalue weighted by molar-refractivity contribution is 5.48. The van der Waals surface area contributed by atoms with Gasteiger partial charge in [-0.2, -0.15) is 0 Å². The Balaban J connectivity index is 1.98. The lowest BCUT2D eigenvalue weighted by Crippen LogP contribution is -2.38. The Hall–Kier alpha value is -1.80. The Bertz CT molecular complexity index is 519. The predicted octanol–water partition coefficient (Wildman–Crippen LogP) is 3.65. The van der Waals surface area contributed by atoms with Crippen molar-refractivity contribution in [2.24, 2.45) is 5.73 Å². The lowest BCUT2D eigenvalue weighted by molar-refractivity contribution is 0.589. The number of nitrogens with zero attached hydrogens (tertiary/aromatic N) is 1. The molecule has 21 heavy (non-hydrogen) atoms. The number of hydrogen-bond donors (Lipinski definition) is 1. The second-order valence-electron chi connectivity index (χ2n) is 5.54. The third kappa shape index (κ3) is 4.33. The van der Waals surface area contributed by atoms with Gasteiger partial charge in [0.25, 0.3) is 0 Å². The topological polar surface area (TPSA) is 29.3 Å². The molecule has 0 aromatic heterocycles. The number of nitrogens with two attached hydrogens (primary N) is 1. The van der Waals surface area contributed by atoms with Gasteiger partial charge in [0.15, 0.2) is 0 Å². The summed E-state index contributed by atoms with van der Waals surface area (Å²) in [6, 6.07) is 19.8. The molecule has 0 heterocycles. The smallest absolute Gasteiger partial charge is 0.0412 e. The molecule has 0 bridgehead atoms. The fourth-order valence-electron chi connectivity index (χ4n) is 2.63. The standard InChI is InChI=1S/C19H26N2/c1-3-16-9-12-18(13-10-16)21(2)19(15-20)14-11-17-7-5-4-6-8-17/h4-10,12-13,19H,3,11,14-15,20H2,1-2H3. The first kappa shape index (κ1) is 15.6. The van der Waals surface area contributed by atoms with Crippen LogP contribution in [-0.2, 0) is 12.8 Å². The summed E-state index contributed by atoms with van der Waals surface area (Å²) in [5, 5.41) is 0. The van der Waals surface area contributed by atoms with Gasteiger partial charge in [-0.15, -0.1) is 0 Å². The highest BCUT2D eigenvalue weighted by Gasteiger charge is 2.13. The lowest BCUT2D eigenvalue weighted by Gasteiger charge is -2.29. The summed E-state index contributed by atoms with van der Waals surface area (Å²) in [5.74, 6) is 0. The molecule has 0 spiro atoms. The number of anilines is 1. The Morgan fingerprint density at radius 1 is 0.952 bits per heavy atom. The molecule has 1 unspecified atom stereocenters. The summed E-state index contributed by atoms with van der Waals surface area (Å²) in [6.07, 6.45) is 3.23. The molecule has 2 N–H and O–H groups in total. The molecule has 0 saturated heterocycles. The maximum atomic E-state index is 5.99. The first-order chi connectivity index (χ1) is 10.2. The molecular formula is C19H26N2. The van der Waals surface area contributed by atoms with Gasteiger partial charge in [-0.25, -0.2) is 0 Å². The van der Waals surface area contributed by atoms with Gasteiger partial charge in [0.05, 0.1) is 0 Å². The Morgan fingerprint density at radius 3 is 2.19 bits per heavy atom. The highest BCUT2D eigenvalue weighted by atomic mass is 15.1. The van der Waals surface area contributed by atoms with E-state index in [1.165, 1.54) is 16.8 Å². The van der Waals surface area contributed by atoms with Crippen LogP contribution in [0.25, 0.3) is 0 Å². The predicted molar refractivity (Wildman–Crippen MR) is 91.8 cm³/mol. The average molecular weight is 282 g/mol. The van der Waals surface area contributed by atoms with Crippen LogP contribution < -0.4 is 10.6 Å². The summed E-state index contributed by atoms with van der Waals surface area (Å²) in [5.41, 5.74) is 9.99. The van der Waals surface area contributed by atoms with Crippen LogP contribution in [0.15, 0.2) is 54.6 Å². The molecule has 1 atom stereocenters. The van der Waals surface area contributed by atoms with Crippen molar-refractivity contribution in [2.75, 3.05) is 18.5 Å². The minimum absolute atomic E-state index is 0.373. The fraction of sp³-hybridized carbons (Fsp3) is 0.368. The summed E-state index contributed by atoms with van der Waals surface area (Å²) >= 11 is 0. The summed E-state index contributed by atoms with van der Waals surface area (Å²) in [7, 11) is 2.14. The molecule has 112 valence electrons. The van der Waals surface area contributed by atoms with Crippen LogP contribution in [0.5, 0.6) is 0 Å². The van der Waals surface area contributed by atoms with Crippen molar-refractivity contribution in [2.45, 2.75) is 32.2 Å². The van der Waals surface area contributed by atoms with E-state index < -0.39 is 0 Å². The molecule has 0 saturated carbocycles. The lowest BCUT2D eigenvalue weighted by atomic mass is 10.0. The third-order valence-electron chi connectivity index (χ3n) is 4.18. The van der Waals surface area contributed by atoms with Gasteiger partial charge >= 0.3 is 0 Å². The molecule has 2 heteroatoms. The van der Waals surface area contributed by atoms with E-state index in [4.69, 9.17) is 5.73 Å². The minimum Gasteiger partial charge on any atom is -0.370 e. The Kier molecular flexibility index (Phi) is 5.82. The van der Waals surface area contributed by atoms with Crippen LogP contribution >= 0.6 is 0 Å². The van der Waals surface area contributed by atoms with Crippen molar-refractivity contribution >= 4 is 5.69 Å². The number of likely N-dealkylation sites (N-methyl/N-ethyl adjacent to an activating group) is 1. The van der Waals surface area contributed by atoms with Crippen molar-refractivity contribution in [1.82, 2.24) is 0 Å². The zero-order valence-electron chi connectivity index (χ0n) is 13.1. The number of aryl methyl sites for hydroxylation is 2. The monoisotopic (exact) mass is 282 g/mol. The molecular weight excluding hydrogens is 256 g/mol. The first-order valence-corrected chi connectivity index (χ1v) is 7.80. The zero-order chi connectivity index (χ0) is 15.1. The Morgan fingerprint density at radius 2 is 1.62 bits per heavy atom. The van der Waals surface area contributed by atoms with Crippen molar-refractivity contribution in [3.8, 4) is 0 Å². The molecule has 0 aliphatic carbocycles. The third-order valence-corrected chi connectivity index (χ3v) is 4.18. The molecule has 0 aliphatic heterocycles. The minimum atomic E-state index is 0.373. The quantitative estimate of drug-likeness (QED) is 0.840. The van der Waals surface area contributed by atoms with E-state index in [0.29, 0.717) is 12.6 Å². The van der Waals surface area contributed by atoms with E-state index in [9.17, 15) is 0 Å². The zero-order valence-corrected chi connectivity index (χ0v) is 13.1. The molecule has 2 nitrogen and oxygen atoms in total. The van der Waals surface area contributed by atoms with Gasteiger partial charge in [-0.1, -0.05) is 49.4 Å². The van der Waals surface area contributed by atoms with Gasteiger partial charge in [0, 0.05) is 25.3 Å². The van der Waals surface area contributed by atoms with E-state index in [0.717, 1.165) is 19.3 Å². The van der Waals surface area contributed by atoms with Gasteiger partial charge in [0.1, 0.15) is 0 Å². The van der Waals surface area contributed by atoms with Gasteiger partial charge in [0.2, 0.25) is 0 Å². The van der Waals surface area contributed by atoms with E-state index in [2.05, 4.69) is 73.5 Å². The van der Waals surface area contributed by atoms with Crippen LogP contribution in [0.2, 0.25) is 0 Å². The maximum Gasteiger partial charge on any atom is 0.0412 e. The number of rotatable bonds is 7. The van der Waals surface area contributed by atoms with E-state index in [1.54, 1.807) is 0 Å². The van der Waals surface area contributed by atoms with Crippen LogP contribution in [-0.4, -0.2) is 19.6 Å². The molecule has 2 aromatic rings. The van der Waals surface area contributed by atoms with Crippen LogP contribution in [0, 0.1) is 0 Å². The van der Waals surface area contributed by atoms with Crippen LogP contribution in [0.4, 0.5) is 5.69 Å². The number of benzene rings is 2. The van der Waals surface area contributed by atoms with E-state index in [1.807, 2.05) is 0 Å². The molecule has 0 fully saturated rings. The van der Waals surface area contributed by atoms with E-state index >= 15 is 0 Å². The summed E-state index contributed by atoms with van der Waals surface area (Å²) in [6.45, 7) is 2.86.